The molecule has 0 amide bonds. The highest BCUT2D eigenvalue weighted by molar-refractivity contribution is 7.98. The van der Waals surface area contributed by atoms with Crippen LogP contribution in [0.2, 0.25) is 0 Å². The van der Waals surface area contributed by atoms with Gasteiger partial charge in [0.15, 0.2) is 11.4 Å². The van der Waals surface area contributed by atoms with Crippen LogP contribution in [0.15, 0.2) is 16.0 Å². The van der Waals surface area contributed by atoms with E-state index in [1.165, 1.54) is 17.8 Å². The standard InChI is InChI=1S/C8H7N3O2S/c1-14-8-10-6-5(7(13)11-8)2-4(3-12)9-6/h2-3H,1H3,(H2,9,10,11,13). The fourth-order valence-corrected chi connectivity index (χ4v) is 1.56. The van der Waals surface area contributed by atoms with Crippen molar-refractivity contribution >= 4 is 29.1 Å². The molecule has 0 saturated heterocycles. The first kappa shape index (κ1) is 9.01. The Morgan fingerprint density at radius 2 is 2.29 bits per heavy atom. The molecule has 0 saturated carbocycles. The SMILES string of the molecule is CSc1nc2[nH]c(C=O)cc2c(=O)[nH]1. The van der Waals surface area contributed by atoms with E-state index in [0.29, 0.717) is 28.2 Å². The minimum atomic E-state index is -0.233. The van der Waals surface area contributed by atoms with Crippen LogP contribution in [-0.2, 0) is 0 Å². The van der Waals surface area contributed by atoms with E-state index in [9.17, 15) is 9.59 Å². The third-order valence-corrected chi connectivity index (χ3v) is 2.40. The maximum absolute atomic E-state index is 11.4. The van der Waals surface area contributed by atoms with Crippen LogP contribution in [0.3, 0.4) is 0 Å². The summed E-state index contributed by atoms with van der Waals surface area (Å²) in [5.41, 5.74) is 0.570. The first-order chi connectivity index (χ1) is 6.74. The van der Waals surface area contributed by atoms with Gasteiger partial charge in [-0.2, -0.15) is 0 Å². The van der Waals surface area contributed by atoms with Gasteiger partial charge in [0.1, 0.15) is 5.65 Å². The monoisotopic (exact) mass is 209 g/mol. The lowest BCUT2D eigenvalue weighted by Crippen LogP contribution is -2.07. The van der Waals surface area contributed by atoms with Crippen LogP contribution in [-0.4, -0.2) is 27.5 Å². The van der Waals surface area contributed by atoms with Gasteiger partial charge in [-0.15, -0.1) is 0 Å². The van der Waals surface area contributed by atoms with E-state index in [0.717, 1.165) is 0 Å². The topological polar surface area (TPSA) is 78.6 Å². The zero-order valence-corrected chi connectivity index (χ0v) is 8.14. The number of H-pyrrole nitrogens is 2. The van der Waals surface area contributed by atoms with Crippen LogP contribution < -0.4 is 5.56 Å². The van der Waals surface area contributed by atoms with E-state index >= 15 is 0 Å². The van der Waals surface area contributed by atoms with Crippen molar-refractivity contribution in [1.82, 2.24) is 15.0 Å². The molecule has 6 heteroatoms. The van der Waals surface area contributed by atoms with E-state index in [1.807, 2.05) is 6.26 Å². The number of carbonyl (C=O) groups is 1. The fraction of sp³-hybridized carbons (Fsp3) is 0.125. The van der Waals surface area contributed by atoms with Crippen molar-refractivity contribution in [3.8, 4) is 0 Å². The first-order valence-electron chi connectivity index (χ1n) is 3.87. The number of hydrogen-bond acceptors (Lipinski definition) is 4. The van der Waals surface area contributed by atoms with Crippen molar-refractivity contribution in [2.45, 2.75) is 5.16 Å². The second-order valence-corrected chi connectivity index (χ2v) is 3.47. The molecule has 0 aliphatic rings. The normalized spacial score (nSPS) is 10.6. The van der Waals surface area contributed by atoms with Crippen molar-refractivity contribution in [1.29, 1.82) is 0 Å². The number of thioether (sulfide) groups is 1. The molecular weight excluding hydrogens is 202 g/mol. The molecule has 0 radical (unpaired) electrons. The number of hydrogen-bond donors (Lipinski definition) is 2. The summed E-state index contributed by atoms with van der Waals surface area (Å²) in [5, 5.41) is 0.937. The van der Waals surface area contributed by atoms with Gasteiger partial charge < -0.3 is 9.97 Å². The molecule has 0 aliphatic heterocycles. The maximum atomic E-state index is 11.4. The highest BCUT2D eigenvalue weighted by Crippen LogP contribution is 2.11. The van der Waals surface area contributed by atoms with Gasteiger partial charge in [-0.3, -0.25) is 9.59 Å². The van der Waals surface area contributed by atoms with Gasteiger partial charge in [-0.1, -0.05) is 11.8 Å². The summed E-state index contributed by atoms with van der Waals surface area (Å²) in [4.78, 5) is 31.4. The molecule has 2 aromatic rings. The molecule has 2 rings (SSSR count). The number of aldehydes is 1. The Labute approximate surface area is 82.9 Å². The number of nitrogens with zero attached hydrogens (tertiary/aromatic N) is 1. The molecule has 2 aromatic heterocycles. The fourth-order valence-electron chi connectivity index (χ4n) is 1.18. The largest absolute Gasteiger partial charge is 0.337 e. The summed E-state index contributed by atoms with van der Waals surface area (Å²) in [5.74, 6) is 0. The van der Waals surface area contributed by atoms with E-state index < -0.39 is 0 Å². The molecule has 14 heavy (non-hydrogen) atoms. The third kappa shape index (κ3) is 1.33. The van der Waals surface area contributed by atoms with Crippen molar-refractivity contribution in [3.63, 3.8) is 0 Å². The summed E-state index contributed by atoms with van der Waals surface area (Å²) >= 11 is 1.34. The molecule has 0 unspecified atom stereocenters. The van der Waals surface area contributed by atoms with Gasteiger partial charge >= 0.3 is 0 Å². The molecule has 2 N–H and O–H groups in total. The highest BCUT2D eigenvalue weighted by atomic mass is 32.2. The zero-order valence-electron chi connectivity index (χ0n) is 7.33. The molecule has 0 atom stereocenters. The van der Waals surface area contributed by atoms with Gasteiger partial charge in [0, 0.05) is 0 Å². The minimum absolute atomic E-state index is 0.233. The van der Waals surface area contributed by atoms with E-state index in [-0.39, 0.29) is 5.56 Å². The van der Waals surface area contributed by atoms with Crippen LogP contribution in [0.1, 0.15) is 10.5 Å². The Kier molecular flexibility index (Phi) is 2.12. The number of nitrogens with one attached hydrogen (secondary N) is 2. The van der Waals surface area contributed by atoms with Crippen LogP contribution in [0.25, 0.3) is 11.0 Å². The quantitative estimate of drug-likeness (QED) is 0.435. The molecule has 72 valence electrons. The lowest BCUT2D eigenvalue weighted by atomic mass is 10.4. The molecule has 0 aliphatic carbocycles. The summed E-state index contributed by atoms with van der Waals surface area (Å²) in [6.07, 6.45) is 2.47. The van der Waals surface area contributed by atoms with E-state index in [1.54, 1.807) is 0 Å². The molecule has 2 heterocycles. The average Bonchev–Trinajstić information content (AvgIpc) is 2.61. The second kappa shape index (κ2) is 3.30. The molecule has 0 aromatic carbocycles. The maximum Gasteiger partial charge on any atom is 0.261 e. The number of carbonyl (C=O) groups excluding carboxylic acids is 1. The Hall–Kier alpha value is -1.56. The zero-order chi connectivity index (χ0) is 10.1. The van der Waals surface area contributed by atoms with E-state index in [4.69, 9.17) is 0 Å². The van der Waals surface area contributed by atoms with Gasteiger partial charge in [-0.25, -0.2) is 4.98 Å². The Balaban J connectivity index is 2.79. The van der Waals surface area contributed by atoms with Crippen LogP contribution in [0.5, 0.6) is 0 Å². The predicted octanol–water partition coefficient (Wildman–Crippen LogP) is 0.786. The number of rotatable bonds is 2. The molecule has 0 bridgehead atoms. The smallest absolute Gasteiger partial charge is 0.261 e. The Morgan fingerprint density at radius 3 is 2.93 bits per heavy atom. The van der Waals surface area contributed by atoms with Crippen LogP contribution in [0, 0.1) is 0 Å². The van der Waals surface area contributed by atoms with Crippen LogP contribution >= 0.6 is 11.8 Å². The molecular formula is C8H7N3O2S. The highest BCUT2D eigenvalue weighted by Gasteiger charge is 2.06. The van der Waals surface area contributed by atoms with Gasteiger partial charge in [-0.05, 0) is 12.3 Å². The molecule has 5 nitrogen and oxygen atoms in total. The summed E-state index contributed by atoms with van der Waals surface area (Å²) in [7, 11) is 0. The number of aromatic nitrogens is 3. The van der Waals surface area contributed by atoms with Crippen molar-refractivity contribution in [2.24, 2.45) is 0 Å². The van der Waals surface area contributed by atoms with Gasteiger partial charge in [0.2, 0.25) is 0 Å². The van der Waals surface area contributed by atoms with Crippen molar-refractivity contribution in [2.75, 3.05) is 6.26 Å². The summed E-state index contributed by atoms with van der Waals surface area (Å²) in [6.45, 7) is 0. The summed E-state index contributed by atoms with van der Waals surface area (Å²) < 4.78 is 0. The lowest BCUT2D eigenvalue weighted by Gasteiger charge is -1.93. The average molecular weight is 209 g/mol. The van der Waals surface area contributed by atoms with Crippen LogP contribution in [0.4, 0.5) is 0 Å². The lowest BCUT2D eigenvalue weighted by molar-refractivity contribution is 0.112. The Bertz CT molecular complexity index is 543. The number of aromatic amines is 2. The van der Waals surface area contributed by atoms with Gasteiger partial charge in [0.25, 0.3) is 5.56 Å². The Morgan fingerprint density at radius 1 is 1.50 bits per heavy atom. The predicted molar refractivity (Wildman–Crippen MR) is 53.9 cm³/mol. The van der Waals surface area contributed by atoms with E-state index in [2.05, 4.69) is 15.0 Å². The van der Waals surface area contributed by atoms with Crippen molar-refractivity contribution in [3.05, 3.63) is 22.1 Å². The minimum Gasteiger partial charge on any atom is -0.337 e. The van der Waals surface area contributed by atoms with Gasteiger partial charge in [0.05, 0.1) is 11.1 Å². The summed E-state index contributed by atoms with van der Waals surface area (Å²) in [6, 6.07) is 1.48. The molecule has 0 spiro atoms. The first-order valence-corrected chi connectivity index (χ1v) is 5.09. The number of fused-ring (bicyclic) bond motifs is 1. The third-order valence-electron chi connectivity index (χ3n) is 1.82. The van der Waals surface area contributed by atoms with Crippen molar-refractivity contribution < 1.29 is 4.79 Å². The second-order valence-electron chi connectivity index (χ2n) is 2.68. The molecule has 0 fully saturated rings.